The summed E-state index contributed by atoms with van der Waals surface area (Å²) in [5, 5.41) is 0. The largest absolute Gasteiger partial charge is 0.297 e. The zero-order chi connectivity index (χ0) is 12.8. The summed E-state index contributed by atoms with van der Waals surface area (Å²) in [6.45, 7) is 11.8. The molecule has 0 amide bonds. The fourth-order valence-corrected chi connectivity index (χ4v) is 3.27. The first-order chi connectivity index (χ1) is 8.54. The Kier molecular flexibility index (Phi) is 2.95. The first kappa shape index (κ1) is 12.2. The second kappa shape index (κ2) is 4.36. The van der Waals surface area contributed by atoms with Gasteiger partial charge in [-0.1, -0.05) is 24.3 Å². The van der Waals surface area contributed by atoms with Crippen LogP contribution in [-0.4, -0.2) is 34.5 Å². The zero-order valence-electron chi connectivity index (χ0n) is 11.8. The quantitative estimate of drug-likeness (QED) is 0.749. The van der Waals surface area contributed by atoms with Gasteiger partial charge in [-0.05, 0) is 38.3 Å². The first-order valence-electron chi connectivity index (χ1n) is 7.10. The molecule has 1 saturated heterocycles. The van der Waals surface area contributed by atoms with Gasteiger partial charge in [0.2, 0.25) is 0 Å². The maximum atomic E-state index is 2.66. The van der Waals surface area contributed by atoms with Crippen LogP contribution in [0, 0.1) is 0 Å². The summed E-state index contributed by atoms with van der Waals surface area (Å²) in [7, 11) is 0. The normalized spacial score (nSPS) is 25.6. The van der Waals surface area contributed by atoms with Crippen LogP contribution < -0.4 is 0 Å². The fourth-order valence-electron chi connectivity index (χ4n) is 3.27. The standard InChI is InChI=1S/C16H24N2/c1-16(2,3)18-9-8-15(12-18)17-10-13-6-4-5-7-14(13)11-17/h4-7,15H,8-12H2,1-3H3. The van der Waals surface area contributed by atoms with Crippen LogP contribution in [-0.2, 0) is 13.1 Å². The van der Waals surface area contributed by atoms with Crippen LogP contribution in [0.5, 0.6) is 0 Å². The van der Waals surface area contributed by atoms with Gasteiger partial charge in [0.05, 0.1) is 0 Å². The lowest BCUT2D eigenvalue weighted by atomic mass is 10.1. The van der Waals surface area contributed by atoms with Crippen molar-refractivity contribution < 1.29 is 0 Å². The smallest absolute Gasteiger partial charge is 0.0244 e. The molecule has 2 aliphatic rings. The predicted molar refractivity (Wildman–Crippen MR) is 75.4 cm³/mol. The summed E-state index contributed by atoms with van der Waals surface area (Å²) in [6.07, 6.45) is 1.32. The van der Waals surface area contributed by atoms with E-state index in [4.69, 9.17) is 0 Å². The van der Waals surface area contributed by atoms with Crippen molar-refractivity contribution in [3.05, 3.63) is 35.4 Å². The summed E-state index contributed by atoms with van der Waals surface area (Å²) in [5.41, 5.74) is 3.39. The van der Waals surface area contributed by atoms with E-state index < -0.39 is 0 Å². The molecule has 1 aromatic rings. The molecule has 0 radical (unpaired) electrons. The molecular weight excluding hydrogens is 220 g/mol. The third kappa shape index (κ3) is 2.19. The highest BCUT2D eigenvalue weighted by Crippen LogP contribution is 2.30. The Morgan fingerprint density at radius 1 is 1.06 bits per heavy atom. The highest BCUT2D eigenvalue weighted by atomic mass is 15.3. The summed E-state index contributed by atoms with van der Waals surface area (Å²) in [4.78, 5) is 5.29. The van der Waals surface area contributed by atoms with Gasteiger partial charge in [0.25, 0.3) is 0 Å². The van der Waals surface area contributed by atoms with Crippen molar-refractivity contribution in [2.75, 3.05) is 13.1 Å². The number of likely N-dealkylation sites (tertiary alicyclic amines) is 1. The average Bonchev–Trinajstić information content (AvgIpc) is 2.94. The summed E-state index contributed by atoms with van der Waals surface area (Å²) < 4.78 is 0. The van der Waals surface area contributed by atoms with E-state index in [0.717, 1.165) is 19.1 Å². The maximum Gasteiger partial charge on any atom is 0.0244 e. The van der Waals surface area contributed by atoms with Crippen molar-refractivity contribution in [3.8, 4) is 0 Å². The molecule has 0 aliphatic carbocycles. The highest BCUT2D eigenvalue weighted by Gasteiger charge is 2.35. The molecule has 0 N–H and O–H groups in total. The highest BCUT2D eigenvalue weighted by molar-refractivity contribution is 5.30. The second-order valence-electron chi connectivity index (χ2n) is 6.73. The van der Waals surface area contributed by atoms with Crippen molar-refractivity contribution in [3.63, 3.8) is 0 Å². The minimum atomic E-state index is 0.321. The lowest BCUT2D eigenvalue weighted by Crippen LogP contribution is -2.42. The average molecular weight is 244 g/mol. The minimum absolute atomic E-state index is 0.321. The van der Waals surface area contributed by atoms with Crippen LogP contribution in [0.1, 0.15) is 38.3 Å². The van der Waals surface area contributed by atoms with Gasteiger partial charge in [-0.3, -0.25) is 9.80 Å². The second-order valence-corrected chi connectivity index (χ2v) is 6.73. The lowest BCUT2D eigenvalue weighted by Gasteiger charge is -2.32. The molecule has 0 aromatic heterocycles. The summed E-state index contributed by atoms with van der Waals surface area (Å²) >= 11 is 0. The van der Waals surface area contributed by atoms with Crippen LogP contribution in [0.3, 0.4) is 0 Å². The van der Waals surface area contributed by atoms with Gasteiger partial charge in [-0.2, -0.15) is 0 Å². The van der Waals surface area contributed by atoms with E-state index >= 15 is 0 Å². The van der Waals surface area contributed by atoms with Gasteiger partial charge in [0.1, 0.15) is 0 Å². The molecule has 98 valence electrons. The molecule has 2 nitrogen and oxygen atoms in total. The van der Waals surface area contributed by atoms with E-state index in [9.17, 15) is 0 Å². The summed E-state index contributed by atoms with van der Waals surface area (Å²) in [5.74, 6) is 0. The topological polar surface area (TPSA) is 6.48 Å². The fraction of sp³-hybridized carbons (Fsp3) is 0.625. The molecule has 2 heteroatoms. The molecular formula is C16H24N2. The van der Waals surface area contributed by atoms with Gasteiger partial charge in [-0.25, -0.2) is 0 Å². The Bertz CT molecular complexity index is 408. The Labute approximate surface area is 111 Å². The van der Waals surface area contributed by atoms with Crippen LogP contribution in [0.25, 0.3) is 0 Å². The van der Waals surface area contributed by atoms with Crippen LogP contribution in [0.15, 0.2) is 24.3 Å². The van der Waals surface area contributed by atoms with Crippen LogP contribution >= 0.6 is 0 Å². The lowest BCUT2D eigenvalue weighted by molar-refractivity contribution is 0.142. The molecule has 1 unspecified atom stereocenters. The molecule has 3 rings (SSSR count). The Hall–Kier alpha value is -0.860. The minimum Gasteiger partial charge on any atom is -0.297 e. The SMILES string of the molecule is CC(C)(C)N1CCC(N2Cc3ccccc3C2)C1. The van der Waals surface area contributed by atoms with E-state index in [1.807, 2.05) is 0 Å². The van der Waals surface area contributed by atoms with Crippen molar-refractivity contribution in [2.45, 2.75) is 51.9 Å². The molecule has 0 spiro atoms. The van der Waals surface area contributed by atoms with Gasteiger partial charge in [0.15, 0.2) is 0 Å². The molecule has 18 heavy (non-hydrogen) atoms. The van der Waals surface area contributed by atoms with Gasteiger partial charge in [-0.15, -0.1) is 0 Å². The van der Waals surface area contributed by atoms with Crippen molar-refractivity contribution in [1.29, 1.82) is 0 Å². The predicted octanol–water partition coefficient (Wildman–Crippen LogP) is 2.88. The van der Waals surface area contributed by atoms with Crippen molar-refractivity contribution >= 4 is 0 Å². The number of hydrogen-bond acceptors (Lipinski definition) is 2. The molecule has 1 atom stereocenters. The molecule has 2 heterocycles. The molecule has 0 saturated carbocycles. The number of benzene rings is 1. The van der Waals surface area contributed by atoms with Gasteiger partial charge in [0, 0.05) is 37.8 Å². The van der Waals surface area contributed by atoms with Gasteiger partial charge >= 0.3 is 0 Å². The zero-order valence-corrected chi connectivity index (χ0v) is 11.8. The summed E-state index contributed by atoms with van der Waals surface area (Å²) in [6, 6.07) is 9.64. The number of rotatable bonds is 1. The monoisotopic (exact) mass is 244 g/mol. The van der Waals surface area contributed by atoms with E-state index in [1.54, 1.807) is 0 Å². The Morgan fingerprint density at radius 3 is 2.17 bits per heavy atom. The third-order valence-electron chi connectivity index (χ3n) is 4.49. The first-order valence-corrected chi connectivity index (χ1v) is 7.10. The van der Waals surface area contributed by atoms with E-state index in [-0.39, 0.29) is 0 Å². The Balaban J connectivity index is 1.66. The number of fused-ring (bicyclic) bond motifs is 1. The van der Waals surface area contributed by atoms with Crippen LogP contribution in [0.2, 0.25) is 0 Å². The third-order valence-corrected chi connectivity index (χ3v) is 4.49. The molecule has 1 fully saturated rings. The molecule has 1 aromatic carbocycles. The number of nitrogens with zero attached hydrogens (tertiary/aromatic N) is 2. The van der Waals surface area contributed by atoms with E-state index in [1.165, 1.54) is 30.6 Å². The van der Waals surface area contributed by atoms with E-state index in [0.29, 0.717) is 5.54 Å². The van der Waals surface area contributed by atoms with Gasteiger partial charge < -0.3 is 0 Å². The molecule has 2 aliphatic heterocycles. The molecule has 0 bridgehead atoms. The Morgan fingerprint density at radius 2 is 1.67 bits per heavy atom. The van der Waals surface area contributed by atoms with Crippen molar-refractivity contribution in [1.82, 2.24) is 9.80 Å². The van der Waals surface area contributed by atoms with Crippen molar-refractivity contribution in [2.24, 2.45) is 0 Å². The van der Waals surface area contributed by atoms with E-state index in [2.05, 4.69) is 54.8 Å². The number of hydrogen-bond donors (Lipinski definition) is 0. The van der Waals surface area contributed by atoms with Crippen LogP contribution in [0.4, 0.5) is 0 Å². The maximum absolute atomic E-state index is 2.66.